The van der Waals surface area contributed by atoms with E-state index in [1.165, 1.54) is 16.8 Å². The van der Waals surface area contributed by atoms with E-state index in [1.54, 1.807) is 12.4 Å². The summed E-state index contributed by atoms with van der Waals surface area (Å²) in [5.74, 6) is -3.18. The van der Waals surface area contributed by atoms with Crippen LogP contribution < -0.4 is 5.32 Å². The summed E-state index contributed by atoms with van der Waals surface area (Å²) < 4.78 is 42.5. The topological polar surface area (TPSA) is 72.7 Å². The minimum atomic E-state index is -1.10. The number of benzene rings is 1. The van der Waals surface area contributed by atoms with Crippen LogP contribution in [0.25, 0.3) is 16.7 Å². The maximum Gasteiger partial charge on any atom is 0.277 e. The van der Waals surface area contributed by atoms with Crippen molar-refractivity contribution in [2.45, 2.75) is 19.8 Å². The number of nitrogens with one attached hydrogen (secondary N) is 1. The van der Waals surface area contributed by atoms with Crippen molar-refractivity contribution in [3.63, 3.8) is 0 Å². The fourth-order valence-electron chi connectivity index (χ4n) is 2.91. The van der Waals surface area contributed by atoms with Gasteiger partial charge in [0.1, 0.15) is 17.3 Å². The van der Waals surface area contributed by atoms with E-state index < -0.39 is 29.1 Å². The largest absolute Gasteiger partial charge is 0.320 e. The number of hydrogen-bond donors (Lipinski definition) is 1. The van der Waals surface area contributed by atoms with E-state index in [-0.39, 0.29) is 17.3 Å². The lowest BCUT2D eigenvalue weighted by atomic mass is 10.1. The minimum absolute atomic E-state index is 0.0736. The molecule has 0 bridgehead atoms. The van der Waals surface area contributed by atoms with E-state index in [1.807, 2.05) is 19.9 Å². The van der Waals surface area contributed by atoms with Crippen LogP contribution in [-0.4, -0.2) is 25.7 Å². The van der Waals surface area contributed by atoms with Crippen molar-refractivity contribution >= 4 is 22.6 Å². The second-order valence-corrected chi connectivity index (χ2v) is 7.01. The summed E-state index contributed by atoms with van der Waals surface area (Å²) in [6.07, 6.45) is 4.10. The predicted molar refractivity (Wildman–Crippen MR) is 105 cm³/mol. The van der Waals surface area contributed by atoms with Crippen LogP contribution in [0.15, 0.2) is 48.9 Å². The van der Waals surface area contributed by atoms with Gasteiger partial charge < -0.3 is 5.32 Å². The van der Waals surface area contributed by atoms with Gasteiger partial charge in [-0.2, -0.15) is 0 Å². The smallest absolute Gasteiger partial charge is 0.277 e. The van der Waals surface area contributed by atoms with Gasteiger partial charge in [0.05, 0.1) is 6.20 Å². The van der Waals surface area contributed by atoms with E-state index in [9.17, 15) is 18.0 Å². The average Bonchev–Trinajstić information content (AvgIpc) is 3.12. The third kappa shape index (κ3) is 3.73. The van der Waals surface area contributed by atoms with E-state index in [0.29, 0.717) is 11.7 Å². The molecular weight excluding hydrogens is 395 g/mol. The van der Waals surface area contributed by atoms with Gasteiger partial charge in [0, 0.05) is 29.5 Å². The van der Waals surface area contributed by atoms with Crippen LogP contribution in [-0.2, 0) is 0 Å². The Bertz CT molecular complexity index is 1270. The number of nitrogens with zero attached hydrogens (tertiary/aromatic N) is 4. The summed E-state index contributed by atoms with van der Waals surface area (Å²) in [7, 11) is 0. The number of aromatic nitrogens is 4. The van der Waals surface area contributed by atoms with Crippen LogP contribution in [0.3, 0.4) is 0 Å². The first kappa shape index (κ1) is 19.6. The monoisotopic (exact) mass is 411 g/mol. The highest BCUT2D eigenvalue weighted by molar-refractivity contribution is 6.03. The Kier molecular flexibility index (Phi) is 4.94. The maximum atomic E-state index is 14.5. The molecular formula is C21H16F3N5O. The standard InChI is InChI=1S/C21H16F3N5O/c1-11(2)12-5-13-10-29(28-20(13)26-8-12)18-7-15(3-4-16(18)23)27-21(30)19-17(24)6-14(22)9-25-19/h3-11H,1-2H3,(H,27,30). The highest BCUT2D eigenvalue weighted by atomic mass is 19.1. The van der Waals surface area contributed by atoms with Crippen LogP contribution >= 0.6 is 0 Å². The first-order chi connectivity index (χ1) is 14.3. The van der Waals surface area contributed by atoms with Crippen molar-refractivity contribution < 1.29 is 18.0 Å². The quantitative estimate of drug-likeness (QED) is 0.532. The van der Waals surface area contributed by atoms with Crippen molar-refractivity contribution in [2.75, 3.05) is 5.32 Å². The molecule has 0 fully saturated rings. The van der Waals surface area contributed by atoms with Crippen LogP contribution in [0.1, 0.15) is 35.8 Å². The Labute approximate surface area is 169 Å². The molecule has 0 aliphatic carbocycles. The number of hydrogen-bond acceptors (Lipinski definition) is 4. The molecule has 30 heavy (non-hydrogen) atoms. The van der Waals surface area contributed by atoms with Crippen molar-refractivity contribution in [1.29, 1.82) is 0 Å². The Hall–Kier alpha value is -3.75. The number of carbonyl (C=O) groups is 1. The lowest BCUT2D eigenvalue weighted by Crippen LogP contribution is -2.16. The van der Waals surface area contributed by atoms with Gasteiger partial charge in [-0.15, -0.1) is 5.10 Å². The van der Waals surface area contributed by atoms with E-state index >= 15 is 0 Å². The molecule has 3 aromatic heterocycles. The number of carbonyl (C=O) groups excluding carboxylic acids is 1. The summed E-state index contributed by atoms with van der Waals surface area (Å²) in [5.41, 5.74) is 1.17. The van der Waals surface area contributed by atoms with Gasteiger partial charge in [-0.3, -0.25) is 4.79 Å². The van der Waals surface area contributed by atoms with Gasteiger partial charge in [-0.1, -0.05) is 13.8 Å². The molecule has 6 nitrogen and oxygen atoms in total. The first-order valence-corrected chi connectivity index (χ1v) is 9.09. The summed E-state index contributed by atoms with van der Waals surface area (Å²) in [4.78, 5) is 20.0. The van der Waals surface area contributed by atoms with E-state index in [2.05, 4.69) is 20.4 Å². The molecule has 0 aliphatic rings. The van der Waals surface area contributed by atoms with Gasteiger partial charge in [-0.25, -0.2) is 27.8 Å². The molecule has 0 saturated heterocycles. The molecule has 1 N–H and O–H groups in total. The molecule has 0 unspecified atom stereocenters. The first-order valence-electron chi connectivity index (χ1n) is 9.09. The molecule has 152 valence electrons. The van der Waals surface area contributed by atoms with Gasteiger partial charge in [-0.05, 0) is 35.7 Å². The second kappa shape index (κ2) is 7.58. The highest BCUT2D eigenvalue weighted by Gasteiger charge is 2.16. The van der Waals surface area contributed by atoms with Crippen LogP contribution in [0.4, 0.5) is 18.9 Å². The second-order valence-electron chi connectivity index (χ2n) is 7.01. The third-order valence-electron chi connectivity index (χ3n) is 4.52. The van der Waals surface area contributed by atoms with Crippen molar-refractivity contribution in [2.24, 2.45) is 0 Å². The molecule has 1 amide bonds. The zero-order valence-corrected chi connectivity index (χ0v) is 16.0. The zero-order valence-electron chi connectivity index (χ0n) is 16.0. The summed E-state index contributed by atoms with van der Waals surface area (Å²) in [6, 6.07) is 6.31. The summed E-state index contributed by atoms with van der Waals surface area (Å²) in [6.45, 7) is 4.08. The molecule has 1 aromatic carbocycles. The summed E-state index contributed by atoms with van der Waals surface area (Å²) >= 11 is 0. The van der Waals surface area contributed by atoms with Gasteiger partial charge in [0.25, 0.3) is 5.91 Å². The normalized spacial score (nSPS) is 11.3. The Morgan fingerprint density at radius 2 is 1.83 bits per heavy atom. The third-order valence-corrected chi connectivity index (χ3v) is 4.52. The van der Waals surface area contributed by atoms with Crippen LogP contribution in [0.2, 0.25) is 0 Å². The number of halogens is 3. The van der Waals surface area contributed by atoms with E-state index in [0.717, 1.165) is 23.2 Å². The predicted octanol–water partition coefficient (Wildman–Crippen LogP) is 4.61. The van der Waals surface area contributed by atoms with Gasteiger partial charge in [0.2, 0.25) is 0 Å². The Morgan fingerprint density at radius 3 is 2.57 bits per heavy atom. The molecule has 4 rings (SSSR count). The fourth-order valence-corrected chi connectivity index (χ4v) is 2.91. The van der Waals surface area contributed by atoms with Gasteiger partial charge in [0.15, 0.2) is 17.2 Å². The number of amides is 1. The minimum Gasteiger partial charge on any atom is -0.320 e. The fraction of sp³-hybridized carbons (Fsp3) is 0.143. The number of rotatable bonds is 4. The SMILES string of the molecule is CC(C)c1cnc2nn(-c3cc(NC(=O)c4ncc(F)cc4F)ccc3F)cc2c1. The van der Waals surface area contributed by atoms with Crippen molar-refractivity contribution in [3.05, 3.63) is 77.6 Å². The van der Waals surface area contributed by atoms with Crippen LogP contribution in [0.5, 0.6) is 0 Å². The summed E-state index contributed by atoms with van der Waals surface area (Å²) in [5, 5.41) is 7.45. The Morgan fingerprint density at radius 1 is 1.03 bits per heavy atom. The molecule has 0 atom stereocenters. The lowest BCUT2D eigenvalue weighted by Gasteiger charge is -2.09. The van der Waals surface area contributed by atoms with Crippen molar-refractivity contribution in [3.8, 4) is 5.69 Å². The number of anilines is 1. The lowest BCUT2D eigenvalue weighted by molar-refractivity contribution is 0.101. The average molecular weight is 411 g/mol. The van der Waals surface area contributed by atoms with Crippen molar-refractivity contribution in [1.82, 2.24) is 19.7 Å². The molecule has 0 spiro atoms. The van der Waals surface area contributed by atoms with E-state index in [4.69, 9.17) is 0 Å². The number of fused-ring (bicyclic) bond motifs is 1. The molecule has 3 heterocycles. The molecule has 4 aromatic rings. The maximum absolute atomic E-state index is 14.5. The molecule has 0 radical (unpaired) electrons. The van der Waals surface area contributed by atoms with Gasteiger partial charge >= 0.3 is 0 Å². The molecule has 9 heteroatoms. The van der Waals surface area contributed by atoms with Crippen LogP contribution in [0, 0.1) is 17.5 Å². The molecule has 0 aliphatic heterocycles. The number of pyridine rings is 2. The Balaban J connectivity index is 1.66. The highest BCUT2D eigenvalue weighted by Crippen LogP contribution is 2.23. The zero-order chi connectivity index (χ0) is 21.4. The molecule has 0 saturated carbocycles.